The van der Waals surface area contributed by atoms with Crippen molar-refractivity contribution in [2.45, 2.75) is 18.9 Å². The van der Waals surface area contributed by atoms with E-state index in [-0.39, 0.29) is 6.04 Å². The van der Waals surface area contributed by atoms with E-state index in [0.717, 1.165) is 27.5 Å². The first-order chi connectivity index (χ1) is 9.17. The van der Waals surface area contributed by atoms with Gasteiger partial charge in [0.05, 0.1) is 0 Å². The Labute approximate surface area is 129 Å². The Morgan fingerprint density at radius 3 is 2.58 bits per heavy atom. The lowest BCUT2D eigenvalue weighted by molar-refractivity contribution is 0.517. The predicted molar refractivity (Wildman–Crippen MR) is 84.6 cm³/mol. The van der Waals surface area contributed by atoms with E-state index in [4.69, 9.17) is 5.84 Å². The van der Waals surface area contributed by atoms with Crippen LogP contribution in [0.4, 0.5) is 0 Å². The van der Waals surface area contributed by atoms with Gasteiger partial charge in [-0.05, 0) is 52.2 Å². The zero-order chi connectivity index (χ0) is 13.7. The van der Waals surface area contributed by atoms with Crippen molar-refractivity contribution in [2.75, 3.05) is 0 Å². The molecule has 0 spiro atoms. The first-order valence-electron chi connectivity index (χ1n) is 5.98. The van der Waals surface area contributed by atoms with Gasteiger partial charge in [0.25, 0.3) is 0 Å². The Bertz CT molecular complexity index is 528. The maximum absolute atomic E-state index is 5.64. The molecule has 0 saturated heterocycles. The summed E-state index contributed by atoms with van der Waals surface area (Å²) in [5, 5.41) is 0. The van der Waals surface area contributed by atoms with Crippen LogP contribution in [0.5, 0.6) is 0 Å². The maximum atomic E-state index is 5.64. The molecule has 0 bridgehead atoms. The molecule has 5 heteroatoms. The SMILES string of the molecule is NNC(Cc1cccc(Br)c1)Cc1ccc(Br)cn1. The van der Waals surface area contributed by atoms with Gasteiger partial charge in [-0.3, -0.25) is 16.3 Å². The van der Waals surface area contributed by atoms with Crippen LogP contribution in [0.1, 0.15) is 11.3 Å². The van der Waals surface area contributed by atoms with Crippen molar-refractivity contribution in [3.63, 3.8) is 0 Å². The molecule has 1 aromatic carbocycles. The van der Waals surface area contributed by atoms with Crippen LogP contribution in [-0.4, -0.2) is 11.0 Å². The Morgan fingerprint density at radius 2 is 1.95 bits per heavy atom. The van der Waals surface area contributed by atoms with Gasteiger partial charge in [-0.1, -0.05) is 28.1 Å². The molecule has 2 rings (SSSR count). The van der Waals surface area contributed by atoms with Crippen molar-refractivity contribution in [3.8, 4) is 0 Å². The van der Waals surface area contributed by atoms with E-state index in [9.17, 15) is 0 Å². The number of nitrogens with zero attached hydrogens (tertiary/aromatic N) is 1. The van der Waals surface area contributed by atoms with Gasteiger partial charge in [0.15, 0.2) is 0 Å². The number of nitrogens with two attached hydrogens (primary N) is 1. The number of benzene rings is 1. The van der Waals surface area contributed by atoms with Crippen LogP contribution in [0, 0.1) is 0 Å². The Morgan fingerprint density at radius 1 is 1.11 bits per heavy atom. The van der Waals surface area contributed by atoms with E-state index in [2.05, 4.69) is 54.4 Å². The number of pyridine rings is 1. The summed E-state index contributed by atoms with van der Waals surface area (Å²) >= 11 is 6.86. The summed E-state index contributed by atoms with van der Waals surface area (Å²) in [6.07, 6.45) is 3.48. The van der Waals surface area contributed by atoms with Crippen molar-refractivity contribution in [3.05, 3.63) is 62.8 Å². The zero-order valence-corrected chi connectivity index (χ0v) is 13.5. The van der Waals surface area contributed by atoms with Crippen molar-refractivity contribution in [1.82, 2.24) is 10.4 Å². The van der Waals surface area contributed by atoms with E-state index in [1.807, 2.05) is 30.5 Å². The summed E-state index contributed by atoms with van der Waals surface area (Å²) in [5.74, 6) is 5.64. The van der Waals surface area contributed by atoms with E-state index in [0.29, 0.717) is 0 Å². The average Bonchev–Trinajstić information content (AvgIpc) is 2.40. The molecule has 0 aliphatic heterocycles. The Kier molecular flexibility index (Phi) is 5.51. The second-order valence-corrected chi connectivity index (χ2v) is 6.20. The third-order valence-corrected chi connectivity index (χ3v) is 3.81. The lowest BCUT2D eigenvalue weighted by Crippen LogP contribution is -2.38. The molecule has 19 heavy (non-hydrogen) atoms. The van der Waals surface area contributed by atoms with Gasteiger partial charge in [-0.2, -0.15) is 0 Å². The minimum atomic E-state index is 0.169. The van der Waals surface area contributed by atoms with E-state index < -0.39 is 0 Å². The molecular weight excluding hydrogens is 370 g/mol. The fourth-order valence-corrected chi connectivity index (χ4v) is 2.60. The fraction of sp³-hybridized carbons (Fsp3) is 0.214. The Balaban J connectivity index is 2.02. The largest absolute Gasteiger partial charge is 0.271 e. The highest BCUT2D eigenvalue weighted by atomic mass is 79.9. The third-order valence-electron chi connectivity index (χ3n) is 2.85. The number of nitrogens with one attached hydrogen (secondary N) is 1. The molecule has 1 atom stereocenters. The summed E-state index contributed by atoms with van der Waals surface area (Å²) in [7, 11) is 0. The third kappa shape index (κ3) is 4.69. The summed E-state index contributed by atoms with van der Waals surface area (Å²) in [4.78, 5) is 4.37. The molecule has 0 saturated carbocycles. The van der Waals surface area contributed by atoms with E-state index in [1.54, 1.807) is 0 Å². The first-order valence-corrected chi connectivity index (χ1v) is 7.57. The molecule has 0 aliphatic carbocycles. The number of hydrazine groups is 1. The van der Waals surface area contributed by atoms with Crippen molar-refractivity contribution < 1.29 is 0 Å². The highest BCUT2D eigenvalue weighted by Gasteiger charge is 2.10. The molecule has 3 nitrogen and oxygen atoms in total. The number of rotatable bonds is 5. The second kappa shape index (κ2) is 7.14. The molecule has 2 aromatic rings. The molecule has 0 radical (unpaired) electrons. The molecule has 3 N–H and O–H groups in total. The molecule has 100 valence electrons. The summed E-state index contributed by atoms with van der Waals surface area (Å²) in [6, 6.07) is 12.4. The second-order valence-electron chi connectivity index (χ2n) is 4.37. The summed E-state index contributed by atoms with van der Waals surface area (Å²) in [6.45, 7) is 0. The quantitative estimate of drug-likeness (QED) is 0.614. The van der Waals surface area contributed by atoms with E-state index >= 15 is 0 Å². The van der Waals surface area contributed by atoms with Crippen molar-refractivity contribution in [2.24, 2.45) is 5.84 Å². The zero-order valence-electron chi connectivity index (χ0n) is 10.3. The van der Waals surface area contributed by atoms with Gasteiger partial charge < -0.3 is 0 Å². The number of hydrogen-bond donors (Lipinski definition) is 2. The minimum Gasteiger partial charge on any atom is -0.271 e. The molecule has 0 amide bonds. The molecule has 0 fully saturated rings. The van der Waals surface area contributed by atoms with Crippen LogP contribution < -0.4 is 11.3 Å². The number of hydrogen-bond acceptors (Lipinski definition) is 3. The molecule has 1 aromatic heterocycles. The van der Waals surface area contributed by atoms with Crippen LogP contribution in [0.3, 0.4) is 0 Å². The van der Waals surface area contributed by atoms with Crippen LogP contribution >= 0.6 is 31.9 Å². The average molecular weight is 385 g/mol. The highest BCUT2D eigenvalue weighted by Crippen LogP contribution is 2.15. The van der Waals surface area contributed by atoms with Gasteiger partial charge in [0, 0.05) is 33.3 Å². The standard InChI is InChI=1S/C14H15Br2N3/c15-11-3-1-2-10(6-11)7-14(19-17)8-13-5-4-12(16)9-18-13/h1-6,9,14,19H,7-8,17H2. The predicted octanol–water partition coefficient (Wildman–Crippen LogP) is 3.22. The normalized spacial score (nSPS) is 12.4. The summed E-state index contributed by atoms with van der Waals surface area (Å²) in [5.41, 5.74) is 5.14. The van der Waals surface area contributed by atoms with Crippen molar-refractivity contribution in [1.29, 1.82) is 0 Å². The topological polar surface area (TPSA) is 50.9 Å². The lowest BCUT2D eigenvalue weighted by atomic mass is 10.0. The number of halogens is 2. The van der Waals surface area contributed by atoms with Gasteiger partial charge in [-0.15, -0.1) is 0 Å². The first kappa shape index (κ1) is 14.7. The fourth-order valence-electron chi connectivity index (χ4n) is 1.92. The number of aromatic nitrogens is 1. The smallest absolute Gasteiger partial charge is 0.0420 e. The monoisotopic (exact) mass is 383 g/mol. The summed E-state index contributed by atoms with van der Waals surface area (Å²) < 4.78 is 2.07. The van der Waals surface area contributed by atoms with Crippen LogP contribution in [0.15, 0.2) is 51.5 Å². The van der Waals surface area contributed by atoms with Crippen LogP contribution in [-0.2, 0) is 12.8 Å². The van der Waals surface area contributed by atoms with Crippen LogP contribution in [0.25, 0.3) is 0 Å². The Hall–Kier alpha value is -0.750. The molecule has 0 aliphatic rings. The molecule has 1 unspecified atom stereocenters. The highest BCUT2D eigenvalue weighted by molar-refractivity contribution is 9.10. The van der Waals surface area contributed by atoms with Gasteiger partial charge >= 0.3 is 0 Å². The van der Waals surface area contributed by atoms with Gasteiger partial charge in [0.2, 0.25) is 0 Å². The van der Waals surface area contributed by atoms with Crippen LogP contribution in [0.2, 0.25) is 0 Å². The van der Waals surface area contributed by atoms with Gasteiger partial charge in [-0.25, -0.2) is 0 Å². The lowest BCUT2D eigenvalue weighted by Gasteiger charge is -2.15. The minimum absolute atomic E-state index is 0.169. The van der Waals surface area contributed by atoms with E-state index in [1.165, 1.54) is 5.56 Å². The maximum Gasteiger partial charge on any atom is 0.0420 e. The van der Waals surface area contributed by atoms with Gasteiger partial charge in [0.1, 0.15) is 0 Å². The van der Waals surface area contributed by atoms with Crippen molar-refractivity contribution >= 4 is 31.9 Å². The molecule has 1 heterocycles. The molecular formula is C14H15Br2N3.